The van der Waals surface area contributed by atoms with Crippen molar-refractivity contribution in [3.05, 3.63) is 35.9 Å². The van der Waals surface area contributed by atoms with Gasteiger partial charge in [0.25, 0.3) is 0 Å². The Morgan fingerprint density at radius 3 is 2.48 bits per heavy atom. The molecule has 4 heteroatoms. The van der Waals surface area contributed by atoms with E-state index in [0.717, 1.165) is 31.2 Å². The Hall–Kier alpha value is -1.23. The maximum absolute atomic E-state index is 13.5. The zero-order valence-corrected chi connectivity index (χ0v) is 15.2. The highest BCUT2D eigenvalue weighted by atomic mass is 16.8. The standard InChI is InChI=1S/C21H28O4/c1-15-16(2)19(22)21(25-18(15)17-9-5-3-6-10-17)20(13-23-14-24-21)11-7-4-8-12-20/h3,5-6,9-10,15-16,18H,4,7-8,11-14H2,1-2H3/t15-,16?,18+,21+/m0/s1. The van der Waals surface area contributed by atoms with Gasteiger partial charge in [-0.05, 0) is 24.3 Å². The van der Waals surface area contributed by atoms with Crippen LogP contribution in [0, 0.1) is 17.3 Å². The first-order chi connectivity index (χ1) is 12.1. The third kappa shape index (κ3) is 2.57. The Morgan fingerprint density at radius 1 is 1.04 bits per heavy atom. The van der Waals surface area contributed by atoms with E-state index in [1.807, 2.05) is 25.1 Å². The number of carbonyl (C=O) groups is 1. The number of fused-ring (bicyclic) bond motifs is 1. The summed E-state index contributed by atoms with van der Waals surface area (Å²) in [6.45, 7) is 4.83. The molecule has 0 N–H and O–H groups in total. The molecular weight excluding hydrogens is 316 g/mol. The summed E-state index contributed by atoms with van der Waals surface area (Å²) in [5.74, 6) is -1.03. The number of carbonyl (C=O) groups excluding carboxylic acids is 1. The van der Waals surface area contributed by atoms with Crippen LogP contribution >= 0.6 is 0 Å². The number of benzene rings is 1. The molecule has 1 aliphatic carbocycles. The predicted octanol–water partition coefficient (Wildman–Crippen LogP) is 4.25. The molecule has 0 radical (unpaired) electrons. The second-order valence-electron chi connectivity index (χ2n) is 8.03. The maximum Gasteiger partial charge on any atom is 0.239 e. The molecule has 0 aromatic heterocycles. The van der Waals surface area contributed by atoms with E-state index >= 15 is 0 Å². The molecule has 4 rings (SSSR count). The lowest BCUT2D eigenvalue weighted by molar-refractivity contribution is -0.381. The first-order valence-corrected chi connectivity index (χ1v) is 9.58. The van der Waals surface area contributed by atoms with Crippen LogP contribution in [-0.2, 0) is 19.0 Å². The smallest absolute Gasteiger partial charge is 0.239 e. The van der Waals surface area contributed by atoms with Gasteiger partial charge in [-0.25, -0.2) is 0 Å². The summed E-state index contributed by atoms with van der Waals surface area (Å²) < 4.78 is 18.4. The molecule has 2 saturated heterocycles. The van der Waals surface area contributed by atoms with Crippen molar-refractivity contribution in [1.82, 2.24) is 0 Å². The monoisotopic (exact) mass is 344 g/mol. The molecule has 3 fully saturated rings. The van der Waals surface area contributed by atoms with Gasteiger partial charge < -0.3 is 14.2 Å². The van der Waals surface area contributed by atoms with Crippen molar-refractivity contribution in [2.45, 2.75) is 57.8 Å². The number of rotatable bonds is 1. The van der Waals surface area contributed by atoms with Gasteiger partial charge >= 0.3 is 0 Å². The number of ketones is 1. The Morgan fingerprint density at radius 2 is 1.76 bits per heavy atom. The summed E-state index contributed by atoms with van der Waals surface area (Å²) in [6, 6.07) is 10.2. The van der Waals surface area contributed by atoms with E-state index in [-0.39, 0.29) is 35.9 Å². The van der Waals surface area contributed by atoms with Crippen LogP contribution in [0.2, 0.25) is 0 Å². The van der Waals surface area contributed by atoms with Crippen molar-refractivity contribution in [1.29, 1.82) is 0 Å². The molecule has 0 bridgehead atoms. The lowest BCUT2D eigenvalue weighted by atomic mass is 9.63. The lowest BCUT2D eigenvalue weighted by Crippen LogP contribution is -2.67. The zero-order chi connectivity index (χ0) is 17.5. The number of hydrogen-bond acceptors (Lipinski definition) is 4. The minimum Gasteiger partial charge on any atom is -0.354 e. The van der Waals surface area contributed by atoms with E-state index in [9.17, 15) is 4.79 Å². The van der Waals surface area contributed by atoms with Crippen molar-refractivity contribution < 1.29 is 19.0 Å². The van der Waals surface area contributed by atoms with Gasteiger partial charge in [-0.3, -0.25) is 4.79 Å². The summed E-state index contributed by atoms with van der Waals surface area (Å²) in [5, 5.41) is 0. The van der Waals surface area contributed by atoms with Gasteiger partial charge in [-0.15, -0.1) is 0 Å². The summed E-state index contributed by atoms with van der Waals surface area (Å²) in [6.07, 6.45) is 5.14. The highest BCUT2D eigenvalue weighted by molar-refractivity contribution is 5.90. The third-order valence-corrected chi connectivity index (χ3v) is 6.66. The van der Waals surface area contributed by atoms with E-state index in [2.05, 4.69) is 19.1 Å². The molecule has 2 spiro atoms. The SMILES string of the molecule is CC1C(=O)[C@@]2(OCOCC23CCCCC3)O[C@@H](c2ccccc2)[C@H]1C. The quantitative estimate of drug-likeness (QED) is 0.764. The van der Waals surface area contributed by atoms with Gasteiger partial charge in [0.05, 0.1) is 18.1 Å². The minimum absolute atomic E-state index is 0.101. The highest BCUT2D eigenvalue weighted by Gasteiger charge is 2.65. The average Bonchev–Trinajstić information content (AvgIpc) is 2.66. The van der Waals surface area contributed by atoms with E-state index < -0.39 is 5.79 Å². The number of hydrogen-bond donors (Lipinski definition) is 0. The van der Waals surface area contributed by atoms with Gasteiger partial charge in [0, 0.05) is 5.92 Å². The van der Waals surface area contributed by atoms with Gasteiger partial charge in [0.15, 0.2) is 12.6 Å². The van der Waals surface area contributed by atoms with Crippen molar-refractivity contribution >= 4 is 5.78 Å². The molecule has 25 heavy (non-hydrogen) atoms. The molecular formula is C21H28O4. The average molecular weight is 344 g/mol. The van der Waals surface area contributed by atoms with Crippen LogP contribution < -0.4 is 0 Å². The molecule has 1 unspecified atom stereocenters. The Kier molecular flexibility index (Phi) is 4.47. The van der Waals surface area contributed by atoms with Crippen molar-refractivity contribution in [2.24, 2.45) is 17.3 Å². The van der Waals surface area contributed by atoms with Crippen LogP contribution in [0.25, 0.3) is 0 Å². The molecule has 4 nitrogen and oxygen atoms in total. The zero-order valence-electron chi connectivity index (χ0n) is 15.2. The number of Topliss-reactive ketones (excluding diaryl/α,β-unsaturated/α-hetero) is 1. The van der Waals surface area contributed by atoms with E-state index in [4.69, 9.17) is 14.2 Å². The van der Waals surface area contributed by atoms with Crippen LogP contribution in [0.5, 0.6) is 0 Å². The highest BCUT2D eigenvalue weighted by Crippen LogP contribution is 2.56. The normalized spacial score (nSPS) is 38.2. The Balaban J connectivity index is 1.77. The van der Waals surface area contributed by atoms with Gasteiger partial charge in [0.2, 0.25) is 5.79 Å². The second kappa shape index (κ2) is 6.49. The molecule has 1 saturated carbocycles. The predicted molar refractivity (Wildman–Crippen MR) is 93.8 cm³/mol. The van der Waals surface area contributed by atoms with Crippen molar-refractivity contribution in [3.63, 3.8) is 0 Å². The molecule has 1 aromatic carbocycles. The molecule has 136 valence electrons. The fraction of sp³-hybridized carbons (Fsp3) is 0.667. The third-order valence-electron chi connectivity index (χ3n) is 6.66. The molecule has 3 aliphatic rings. The molecule has 2 aliphatic heterocycles. The van der Waals surface area contributed by atoms with Gasteiger partial charge in [0.1, 0.15) is 0 Å². The van der Waals surface area contributed by atoms with Crippen LogP contribution in [0.1, 0.15) is 57.6 Å². The summed E-state index contributed by atoms with van der Waals surface area (Å²) in [5.41, 5.74) is 0.775. The first kappa shape index (κ1) is 17.2. The summed E-state index contributed by atoms with van der Waals surface area (Å²) in [4.78, 5) is 13.5. The van der Waals surface area contributed by atoms with Crippen LogP contribution in [0.15, 0.2) is 30.3 Å². The second-order valence-corrected chi connectivity index (χ2v) is 8.03. The summed E-state index contributed by atoms with van der Waals surface area (Å²) >= 11 is 0. The molecule has 1 aromatic rings. The fourth-order valence-electron chi connectivity index (χ4n) is 4.96. The van der Waals surface area contributed by atoms with Gasteiger partial charge in [-0.1, -0.05) is 63.4 Å². The van der Waals surface area contributed by atoms with Crippen LogP contribution in [0.3, 0.4) is 0 Å². The first-order valence-electron chi connectivity index (χ1n) is 9.58. The summed E-state index contributed by atoms with van der Waals surface area (Å²) in [7, 11) is 0. The molecule has 0 amide bonds. The Labute approximate surface area is 149 Å². The fourth-order valence-corrected chi connectivity index (χ4v) is 4.96. The van der Waals surface area contributed by atoms with Crippen LogP contribution in [-0.4, -0.2) is 25.0 Å². The minimum atomic E-state index is -1.15. The van der Waals surface area contributed by atoms with E-state index in [1.54, 1.807) is 0 Å². The lowest BCUT2D eigenvalue weighted by Gasteiger charge is -2.57. The maximum atomic E-state index is 13.5. The number of ether oxygens (including phenoxy) is 3. The van der Waals surface area contributed by atoms with Crippen LogP contribution in [0.4, 0.5) is 0 Å². The molecule has 4 atom stereocenters. The van der Waals surface area contributed by atoms with Crippen molar-refractivity contribution in [2.75, 3.05) is 13.4 Å². The Bertz CT molecular complexity index is 614. The van der Waals surface area contributed by atoms with E-state index in [0.29, 0.717) is 6.61 Å². The largest absolute Gasteiger partial charge is 0.354 e. The topological polar surface area (TPSA) is 44.8 Å². The van der Waals surface area contributed by atoms with E-state index in [1.165, 1.54) is 6.42 Å². The molecule has 2 heterocycles. The van der Waals surface area contributed by atoms with Gasteiger partial charge in [-0.2, -0.15) is 0 Å². The van der Waals surface area contributed by atoms with Crippen molar-refractivity contribution in [3.8, 4) is 0 Å².